The Morgan fingerprint density at radius 1 is 1.18 bits per heavy atom. The first kappa shape index (κ1) is 14.3. The van der Waals surface area contributed by atoms with E-state index in [4.69, 9.17) is 10.5 Å². The Hall–Kier alpha value is -2.67. The van der Waals surface area contributed by atoms with Crippen molar-refractivity contribution in [1.29, 1.82) is 0 Å². The molecule has 7 nitrogen and oxygen atoms in total. The van der Waals surface area contributed by atoms with Gasteiger partial charge in [0.1, 0.15) is 0 Å². The quantitative estimate of drug-likeness (QED) is 0.895. The summed E-state index contributed by atoms with van der Waals surface area (Å²) in [7, 11) is 0. The number of urea groups is 1. The molecule has 1 aliphatic rings. The first-order valence-corrected chi connectivity index (χ1v) is 7.05. The Kier molecular flexibility index (Phi) is 4.15. The van der Waals surface area contributed by atoms with Gasteiger partial charge in [0, 0.05) is 30.5 Å². The number of rotatable bonds is 3. The molecule has 0 atom stereocenters. The van der Waals surface area contributed by atoms with Crippen molar-refractivity contribution in [2.45, 2.75) is 0 Å². The summed E-state index contributed by atoms with van der Waals surface area (Å²) in [4.78, 5) is 21.9. The lowest BCUT2D eigenvalue weighted by atomic mass is 10.1. The third kappa shape index (κ3) is 3.32. The fraction of sp³-hybridized carbons (Fsp3) is 0.267. The Morgan fingerprint density at radius 3 is 2.59 bits per heavy atom. The van der Waals surface area contributed by atoms with Gasteiger partial charge in [0.25, 0.3) is 0 Å². The molecule has 1 fully saturated rings. The van der Waals surface area contributed by atoms with Crippen molar-refractivity contribution in [3.05, 3.63) is 36.5 Å². The number of amides is 2. The zero-order valence-electron chi connectivity index (χ0n) is 12.0. The third-order valence-electron chi connectivity index (χ3n) is 3.38. The minimum atomic E-state index is -0.579. The monoisotopic (exact) mass is 299 g/mol. The molecule has 1 aliphatic heterocycles. The summed E-state index contributed by atoms with van der Waals surface area (Å²) in [5.41, 5.74) is 7.53. The number of nitrogens with zero attached hydrogens (tertiary/aromatic N) is 3. The van der Waals surface area contributed by atoms with Crippen LogP contribution in [0.2, 0.25) is 0 Å². The number of hydrogen-bond acceptors (Lipinski definition) is 5. The van der Waals surface area contributed by atoms with E-state index in [0.717, 1.165) is 24.3 Å². The molecule has 0 aliphatic carbocycles. The van der Waals surface area contributed by atoms with Crippen LogP contribution in [0.1, 0.15) is 0 Å². The lowest BCUT2D eigenvalue weighted by Gasteiger charge is -2.26. The van der Waals surface area contributed by atoms with Crippen molar-refractivity contribution in [2.75, 3.05) is 36.5 Å². The van der Waals surface area contributed by atoms with Gasteiger partial charge in [0.15, 0.2) is 0 Å². The van der Waals surface area contributed by atoms with E-state index in [2.05, 4.69) is 20.2 Å². The molecule has 2 amide bonds. The molecule has 0 bridgehead atoms. The maximum absolute atomic E-state index is 10.8. The van der Waals surface area contributed by atoms with E-state index in [1.807, 2.05) is 18.2 Å². The topological polar surface area (TPSA) is 93.4 Å². The molecule has 0 unspecified atom stereocenters. The van der Waals surface area contributed by atoms with Crippen LogP contribution in [0, 0.1) is 0 Å². The van der Waals surface area contributed by atoms with Crippen LogP contribution in [0.5, 0.6) is 0 Å². The molecule has 22 heavy (non-hydrogen) atoms. The maximum atomic E-state index is 10.8. The van der Waals surface area contributed by atoms with Gasteiger partial charge in [-0.05, 0) is 18.2 Å². The van der Waals surface area contributed by atoms with Crippen LogP contribution in [0.3, 0.4) is 0 Å². The van der Waals surface area contributed by atoms with Gasteiger partial charge in [-0.25, -0.2) is 14.8 Å². The number of carbonyl (C=O) groups is 1. The van der Waals surface area contributed by atoms with Crippen LogP contribution in [0.4, 0.5) is 16.4 Å². The van der Waals surface area contributed by atoms with E-state index < -0.39 is 6.03 Å². The van der Waals surface area contributed by atoms with Gasteiger partial charge in [-0.2, -0.15) is 0 Å². The Morgan fingerprint density at radius 2 is 1.91 bits per heavy atom. The number of nitrogens with two attached hydrogens (primary N) is 1. The molecule has 0 saturated carbocycles. The average Bonchev–Trinajstić information content (AvgIpc) is 2.56. The molecule has 2 heterocycles. The van der Waals surface area contributed by atoms with E-state index >= 15 is 0 Å². The highest BCUT2D eigenvalue weighted by atomic mass is 16.5. The largest absolute Gasteiger partial charge is 0.378 e. The molecule has 3 N–H and O–H groups in total. The van der Waals surface area contributed by atoms with Crippen molar-refractivity contribution >= 4 is 17.7 Å². The third-order valence-corrected chi connectivity index (χ3v) is 3.38. The first-order chi connectivity index (χ1) is 10.7. The average molecular weight is 299 g/mol. The van der Waals surface area contributed by atoms with Gasteiger partial charge in [-0.1, -0.05) is 12.1 Å². The SMILES string of the molecule is NC(=O)Nc1ccc(-c2ccnc(N3CCOCC3)n2)cc1. The molecule has 114 valence electrons. The van der Waals surface area contributed by atoms with Crippen LogP contribution < -0.4 is 16.0 Å². The minimum absolute atomic E-state index is 0.579. The number of hydrogen-bond donors (Lipinski definition) is 2. The van der Waals surface area contributed by atoms with Gasteiger partial charge in [-0.15, -0.1) is 0 Å². The van der Waals surface area contributed by atoms with Gasteiger partial charge in [-0.3, -0.25) is 0 Å². The zero-order valence-corrected chi connectivity index (χ0v) is 12.0. The van der Waals surface area contributed by atoms with Crippen molar-refractivity contribution in [1.82, 2.24) is 9.97 Å². The number of aromatic nitrogens is 2. The lowest BCUT2D eigenvalue weighted by Crippen LogP contribution is -2.37. The molecule has 2 aromatic rings. The summed E-state index contributed by atoms with van der Waals surface area (Å²) in [5.74, 6) is 0.708. The number of nitrogens with one attached hydrogen (secondary N) is 1. The number of morpholine rings is 1. The van der Waals surface area contributed by atoms with E-state index in [0.29, 0.717) is 24.8 Å². The summed E-state index contributed by atoms with van der Waals surface area (Å²) in [5, 5.41) is 2.53. The number of anilines is 2. The predicted molar refractivity (Wildman–Crippen MR) is 83.7 cm³/mol. The zero-order chi connectivity index (χ0) is 15.4. The standard InChI is InChI=1S/C15H17N5O2/c16-14(21)18-12-3-1-11(2-4-12)13-5-6-17-15(19-13)20-7-9-22-10-8-20/h1-6H,7-10H2,(H3,16,18,21). The number of benzene rings is 1. The summed E-state index contributed by atoms with van der Waals surface area (Å²) in [6.45, 7) is 2.98. The lowest BCUT2D eigenvalue weighted by molar-refractivity contribution is 0.122. The molecule has 1 saturated heterocycles. The minimum Gasteiger partial charge on any atom is -0.378 e. The smallest absolute Gasteiger partial charge is 0.316 e. The van der Waals surface area contributed by atoms with E-state index in [9.17, 15) is 4.79 Å². The van der Waals surface area contributed by atoms with Crippen molar-refractivity contribution < 1.29 is 9.53 Å². The first-order valence-electron chi connectivity index (χ1n) is 7.05. The van der Waals surface area contributed by atoms with Crippen LogP contribution >= 0.6 is 0 Å². The molecule has 3 rings (SSSR count). The van der Waals surface area contributed by atoms with Crippen molar-refractivity contribution in [3.63, 3.8) is 0 Å². The second-order valence-electron chi connectivity index (χ2n) is 4.91. The Labute approximate surface area is 128 Å². The molecular weight excluding hydrogens is 282 g/mol. The molecule has 0 radical (unpaired) electrons. The fourth-order valence-electron chi connectivity index (χ4n) is 2.29. The van der Waals surface area contributed by atoms with Crippen LogP contribution in [0.25, 0.3) is 11.3 Å². The van der Waals surface area contributed by atoms with E-state index in [-0.39, 0.29) is 0 Å². The highest BCUT2D eigenvalue weighted by Gasteiger charge is 2.14. The van der Waals surface area contributed by atoms with Gasteiger partial charge < -0.3 is 20.7 Å². The highest BCUT2D eigenvalue weighted by molar-refractivity contribution is 5.88. The van der Waals surface area contributed by atoms with Crippen molar-refractivity contribution in [2.24, 2.45) is 5.73 Å². The maximum Gasteiger partial charge on any atom is 0.316 e. The molecular formula is C15H17N5O2. The summed E-state index contributed by atoms with van der Waals surface area (Å²) in [6.07, 6.45) is 1.75. The number of carbonyl (C=O) groups excluding carboxylic acids is 1. The highest BCUT2D eigenvalue weighted by Crippen LogP contribution is 2.21. The Balaban J connectivity index is 1.80. The second kappa shape index (κ2) is 6.40. The fourth-order valence-corrected chi connectivity index (χ4v) is 2.29. The molecule has 1 aromatic carbocycles. The van der Waals surface area contributed by atoms with E-state index in [1.54, 1.807) is 18.3 Å². The summed E-state index contributed by atoms with van der Waals surface area (Å²) in [6, 6.07) is 8.63. The van der Waals surface area contributed by atoms with Crippen LogP contribution in [-0.4, -0.2) is 42.3 Å². The summed E-state index contributed by atoms with van der Waals surface area (Å²) < 4.78 is 5.34. The molecule has 7 heteroatoms. The second-order valence-corrected chi connectivity index (χ2v) is 4.91. The Bertz CT molecular complexity index is 653. The van der Waals surface area contributed by atoms with Gasteiger partial charge >= 0.3 is 6.03 Å². The van der Waals surface area contributed by atoms with E-state index in [1.165, 1.54) is 0 Å². The van der Waals surface area contributed by atoms with Crippen molar-refractivity contribution in [3.8, 4) is 11.3 Å². The normalized spacial score (nSPS) is 14.6. The van der Waals surface area contributed by atoms with Crippen LogP contribution in [-0.2, 0) is 4.74 Å². The van der Waals surface area contributed by atoms with Crippen LogP contribution in [0.15, 0.2) is 36.5 Å². The number of primary amides is 1. The number of ether oxygens (including phenoxy) is 1. The molecule has 0 spiro atoms. The predicted octanol–water partition coefficient (Wildman–Crippen LogP) is 1.47. The molecule has 1 aromatic heterocycles. The van der Waals surface area contributed by atoms with Gasteiger partial charge in [0.05, 0.1) is 18.9 Å². The summed E-state index contributed by atoms with van der Waals surface area (Å²) >= 11 is 0. The van der Waals surface area contributed by atoms with Gasteiger partial charge in [0.2, 0.25) is 5.95 Å².